The van der Waals surface area contributed by atoms with E-state index in [9.17, 15) is 8.78 Å². The number of rotatable bonds is 3. The Morgan fingerprint density at radius 2 is 1.78 bits per heavy atom. The molecule has 0 aromatic heterocycles. The van der Waals surface area contributed by atoms with Crippen molar-refractivity contribution in [3.05, 3.63) is 53.1 Å². The second kappa shape index (κ2) is 5.23. The predicted octanol–water partition coefficient (Wildman–Crippen LogP) is 4.40. The molecule has 2 N–H and O–H groups in total. The van der Waals surface area contributed by atoms with Gasteiger partial charge in [-0.25, -0.2) is 8.78 Å². The van der Waals surface area contributed by atoms with E-state index in [-0.39, 0.29) is 10.8 Å². The highest BCUT2D eigenvalue weighted by molar-refractivity contribution is 6.31. The first-order valence-electron chi connectivity index (χ1n) is 5.29. The third-order valence-corrected chi connectivity index (χ3v) is 2.74. The lowest BCUT2D eigenvalue weighted by atomic mass is 10.2. The Bertz CT molecular complexity index is 573. The molecule has 0 atom stereocenters. The van der Waals surface area contributed by atoms with Gasteiger partial charge in [0.15, 0.2) is 0 Å². The molecule has 2 rings (SSSR count). The molecule has 2 nitrogen and oxygen atoms in total. The summed E-state index contributed by atoms with van der Waals surface area (Å²) in [5.41, 5.74) is 1.92. The Kier molecular flexibility index (Phi) is 3.67. The van der Waals surface area contributed by atoms with Crippen LogP contribution in [0.2, 0.25) is 5.02 Å². The lowest BCUT2D eigenvalue weighted by Gasteiger charge is -2.12. The van der Waals surface area contributed by atoms with Gasteiger partial charge in [0, 0.05) is 12.7 Å². The molecule has 18 heavy (non-hydrogen) atoms. The first-order valence-corrected chi connectivity index (χ1v) is 5.67. The summed E-state index contributed by atoms with van der Waals surface area (Å²) in [6.45, 7) is 0. The van der Waals surface area contributed by atoms with Crippen molar-refractivity contribution in [3.63, 3.8) is 0 Å². The third-order valence-electron chi connectivity index (χ3n) is 2.45. The molecule has 0 amide bonds. The first kappa shape index (κ1) is 12.6. The highest BCUT2D eigenvalue weighted by Gasteiger charge is 2.05. The molecule has 94 valence electrons. The molecular formula is C13H11ClF2N2. The smallest absolute Gasteiger partial charge is 0.141 e. The number of hydrogen-bond donors (Lipinski definition) is 2. The Labute approximate surface area is 109 Å². The van der Waals surface area contributed by atoms with Crippen molar-refractivity contribution in [2.24, 2.45) is 0 Å². The van der Waals surface area contributed by atoms with Gasteiger partial charge in [0.05, 0.1) is 16.4 Å². The summed E-state index contributed by atoms with van der Waals surface area (Å²) in [7, 11) is 1.69. The molecular weight excluding hydrogens is 258 g/mol. The standard InChI is InChI=1S/C13H11ClF2N2/c1-17-13-6-8(15)2-5-12(13)18-9-3-4-11(16)10(14)7-9/h2-7,17-18H,1H3. The van der Waals surface area contributed by atoms with Crippen molar-refractivity contribution >= 4 is 28.7 Å². The molecule has 5 heteroatoms. The van der Waals surface area contributed by atoms with Gasteiger partial charge in [-0.2, -0.15) is 0 Å². The fourth-order valence-electron chi connectivity index (χ4n) is 1.56. The van der Waals surface area contributed by atoms with Crippen LogP contribution in [0.3, 0.4) is 0 Å². The van der Waals surface area contributed by atoms with E-state index in [1.807, 2.05) is 0 Å². The minimum atomic E-state index is -0.477. The molecule has 0 heterocycles. The molecule has 2 aromatic rings. The minimum absolute atomic E-state index is 0.0353. The lowest BCUT2D eigenvalue weighted by molar-refractivity contribution is 0.628. The predicted molar refractivity (Wildman–Crippen MR) is 70.6 cm³/mol. The second-order valence-electron chi connectivity index (χ2n) is 3.69. The van der Waals surface area contributed by atoms with Crippen LogP contribution in [-0.4, -0.2) is 7.05 Å². The van der Waals surface area contributed by atoms with E-state index in [0.717, 1.165) is 0 Å². The van der Waals surface area contributed by atoms with E-state index in [4.69, 9.17) is 11.6 Å². The molecule has 0 saturated carbocycles. The monoisotopic (exact) mass is 268 g/mol. The highest BCUT2D eigenvalue weighted by Crippen LogP contribution is 2.28. The topological polar surface area (TPSA) is 24.1 Å². The molecule has 0 saturated heterocycles. The lowest BCUT2D eigenvalue weighted by Crippen LogP contribution is -1.98. The van der Waals surface area contributed by atoms with Gasteiger partial charge in [0.1, 0.15) is 11.6 Å². The fourth-order valence-corrected chi connectivity index (χ4v) is 1.74. The summed E-state index contributed by atoms with van der Waals surface area (Å²) < 4.78 is 26.1. The molecule has 0 fully saturated rings. The van der Waals surface area contributed by atoms with Crippen LogP contribution in [0.5, 0.6) is 0 Å². The van der Waals surface area contributed by atoms with Crippen LogP contribution in [0.25, 0.3) is 0 Å². The van der Waals surface area contributed by atoms with E-state index in [1.54, 1.807) is 19.2 Å². The van der Waals surface area contributed by atoms with Crippen LogP contribution in [-0.2, 0) is 0 Å². The molecule has 2 aromatic carbocycles. The first-order chi connectivity index (χ1) is 8.60. The van der Waals surface area contributed by atoms with Crippen molar-refractivity contribution in [2.75, 3.05) is 17.7 Å². The average Bonchev–Trinajstić information content (AvgIpc) is 2.36. The molecule has 0 aliphatic heterocycles. The van der Waals surface area contributed by atoms with Crippen LogP contribution in [0.15, 0.2) is 36.4 Å². The average molecular weight is 269 g/mol. The van der Waals surface area contributed by atoms with E-state index < -0.39 is 5.82 Å². The zero-order valence-corrected chi connectivity index (χ0v) is 10.4. The summed E-state index contributed by atoms with van der Waals surface area (Å²) in [5, 5.41) is 5.95. The van der Waals surface area contributed by atoms with E-state index in [2.05, 4.69) is 10.6 Å². The molecule has 0 spiro atoms. The van der Waals surface area contributed by atoms with Crippen molar-refractivity contribution in [3.8, 4) is 0 Å². The van der Waals surface area contributed by atoms with Gasteiger partial charge in [-0.3, -0.25) is 0 Å². The summed E-state index contributed by atoms with van der Waals surface area (Å²) in [4.78, 5) is 0. The Morgan fingerprint density at radius 1 is 1.00 bits per heavy atom. The Balaban J connectivity index is 2.30. The fraction of sp³-hybridized carbons (Fsp3) is 0.0769. The summed E-state index contributed by atoms with van der Waals surface area (Å²) in [6.07, 6.45) is 0. The summed E-state index contributed by atoms with van der Waals surface area (Å²) in [6, 6.07) is 8.61. The maximum absolute atomic E-state index is 13.1. The van der Waals surface area contributed by atoms with Crippen molar-refractivity contribution in [1.82, 2.24) is 0 Å². The maximum Gasteiger partial charge on any atom is 0.141 e. The van der Waals surface area contributed by atoms with E-state index in [0.29, 0.717) is 17.1 Å². The van der Waals surface area contributed by atoms with Gasteiger partial charge in [-0.1, -0.05) is 11.6 Å². The molecule has 0 bridgehead atoms. The number of halogens is 3. The van der Waals surface area contributed by atoms with Crippen molar-refractivity contribution in [2.45, 2.75) is 0 Å². The Hall–Kier alpha value is -1.81. The van der Waals surface area contributed by atoms with Gasteiger partial charge < -0.3 is 10.6 Å². The quantitative estimate of drug-likeness (QED) is 0.862. The third kappa shape index (κ3) is 2.71. The number of benzene rings is 2. The van der Waals surface area contributed by atoms with Gasteiger partial charge in [-0.15, -0.1) is 0 Å². The Morgan fingerprint density at radius 3 is 2.44 bits per heavy atom. The van der Waals surface area contributed by atoms with Crippen molar-refractivity contribution in [1.29, 1.82) is 0 Å². The molecule has 0 radical (unpaired) electrons. The van der Waals surface area contributed by atoms with E-state index in [1.165, 1.54) is 24.3 Å². The van der Waals surface area contributed by atoms with Crippen molar-refractivity contribution < 1.29 is 8.78 Å². The van der Waals surface area contributed by atoms with Crippen LogP contribution >= 0.6 is 11.6 Å². The maximum atomic E-state index is 13.1. The number of nitrogens with one attached hydrogen (secondary N) is 2. The zero-order chi connectivity index (χ0) is 13.1. The van der Waals surface area contributed by atoms with Crippen LogP contribution in [0, 0.1) is 11.6 Å². The summed E-state index contributed by atoms with van der Waals surface area (Å²) in [5.74, 6) is -0.808. The molecule has 0 aliphatic rings. The second-order valence-corrected chi connectivity index (χ2v) is 4.10. The molecule has 0 unspecified atom stereocenters. The van der Waals surface area contributed by atoms with E-state index >= 15 is 0 Å². The minimum Gasteiger partial charge on any atom is -0.386 e. The zero-order valence-electron chi connectivity index (χ0n) is 9.60. The van der Waals surface area contributed by atoms with Gasteiger partial charge in [0.2, 0.25) is 0 Å². The SMILES string of the molecule is CNc1cc(F)ccc1Nc1ccc(F)c(Cl)c1. The largest absolute Gasteiger partial charge is 0.386 e. The summed E-state index contributed by atoms with van der Waals surface area (Å²) >= 11 is 5.69. The van der Waals surface area contributed by atoms with Gasteiger partial charge in [0.25, 0.3) is 0 Å². The van der Waals surface area contributed by atoms with Gasteiger partial charge in [-0.05, 0) is 36.4 Å². The van der Waals surface area contributed by atoms with Crippen LogP contribution < -0.4 is 10.6 Å². The normalized spacial score (nSPS) is 10.2. The van der Waals surface area contributed by atoms with Crippen LogP contribution in [0.4, 0.5) is 25.8 Å². The number of hydrogen-bond acceptors (Lipinski definition) is 2. The van der Waals surface area contributed by atoms with Crippen LogP contribution in [0.1, 0.15) is 0 Å². The molecule has 0 aliphatic carbocycles. The number of anilines is 3. The highest BCUT2D eigenvalue weighted by atomic mass is 35.5. The van der Waals surface area contributed by atoms with Gasteiger partial charge >= 0.3 is 0 Å².